The van der Waals surface area contributed by atoms with Crippen LogP contribution in [0, 0.1) is 0 Å². The van der Waals surface area contributed by atoms with Crippen molar-refractivity contribution in [3.8, 4) is 16.9 Å². The zero-order valence-electron chi connectivity index (χ0n) is 24.0. The molecule has 0 saturated carbocycles. The monoisotopic (exact) mass is 560 g/mol. The van der Waals surface area contributed by atoms with Gasteiger partial charge in [-0.05, 0) is 83.6 Å². The molecule has 44 heavy (non-hydrogen) atoms. The van der Waals surface area contributed by atoms with Gasteiger partial charge in [-0.15, -0.1) is 0 Å². The summed E-state index contributed by atoms with van der Waals surface area (Å²) in [4.78, 5) is 0. The molecule has 7 aromatic carbocycles. The van der Waals surface area contributed by atoms with E-state index >= 15 is 0 Å². The van der Waals surface area contributed by atoms with Crippen molar-refractivity contribution in [1.82, 2.24) is 0 Å². The van der Waals surface area contributed by atoms with E-state index < -0.39 is 5.41 Å². The van der Waals surface area contributed by atoms with Gasteiger partial charge in [0.2, 0.25) is 0 Å². The van der Waals surface area contributed by atoms with Crippen LogP contribution in [0.1, 0.15) is 22.3 Å². The Morgan fingerprint density at radius 3 is 1.89 bits per heavy atom. The quantitative estimate of drug-likeness (QED) is 0.228. The Kier molecular flexibility index (Phi) is 5.33. The highest BCUT2D eigenvalue weighted by atomic mass is 16.3. The van der Waals surface area contributed by atoms with Gasteiger partial charge in [0.25, 0.3) is 0 Å². The molecule has 0 amide bonds. The average molecular weight is 561 g/mol. The number of benzene rings is 7. The summed E-state index contributed by atoms with van der Waals surface area (Å²) in [6, 6.07) is 49.5. The molecule has 2 aliphatic rings. The SMILES string of the molecule is Oc1ccc(C2(c3cccc4ccccc34)C=CC=C3C2=Cc2c3cccc2-c2cccc3ccccc23)c2ccccc12. The zero-order chi connectivity index (χ0) is 29.3. The molecule has 0 aliphatic heterocycles. The first-order valence-corrected chi connectivity index (χ1v) is 15.2. The molecule has 7 aromatic rings. The lowest BCUT2D eigenvalue weighted by atomic mass is 9.63. The smallest absolute Gasteiger partial charge is 0.123 e. The molecule has 0 saturated heterocycles. The Hall–Kier alpha value is -5.66. The number of allylic oxidation sites excluding steroid dienone is 5. The van der Waals surface area contributed by atoms with Crippen LogP contribution in [0.4, 0.5) is 0 Å². The molecule has 206 valence electrons. The van der Waals surface area contributed by atoms with Crippen molar-refractivity contribution in [3.63, 3.8) is 0 Å². The highest BCUT2D eigenvalue weighted by Gasteiger charge is 2.43. The van der Waals surface area contributed by atoms with Gasteiger partial charge in [-0.2, -0.15) is 0 Å². The molecule has 9 rings (SSSR count). The van der Waals surface area contributed by atoms with Crippen LogP contribution >= 0.6 is 0 Å². The van der Waals surface area contributed by atoms with Crippen LogP contribution in [0.5, 0.6) is 5.75 Å². The maximum absolute atomic E-state index is 11.0. The van der Waals surface area contributed by atoms with Gasteiger partial charge < -0.3 is 5.11 Å². The lowest BCUT2D eigenvalue weighted by Gasteiger charge is -2.38. The number of aromatic hydroxyl groups is 1. The molecule has 0 spiro atoms. The molecule has 0 fully saturated rings. The van der Waals surface area contributed by atoms with Crippen LogP contribution in [0.3, 0.4) is 0 Å². The van der Waals surface area contributed by atoms with E-state index in [2.05, 4.69) is 146 Å². The van der Waals surface area contributed by atoms with Crippen LogP contribution in [0.25, 0.3) is 55.1 Å². The van der Waals surface area contributed by atoms with Crippen molar-refractivity contribution < 1.29 is 5.11 Å². The first kappa shape index (κ1) is 24.9. The van der Waals surface area contributed by atoms with Gasteiger partial charge in [0.1, 0.15) is 5.75 Å². The lowest BCUT2D eigenvalue weighted by Crippen LogP contribution is -2.30. The Balaban J connectivity index is 1.39. The predicted octanol–water partition coefficient (Wildman–Crippen LogP) is 10.9. The van der Waals surface area contributed by atoms with E-state index in [1.165, 1.54) is 60.5 Å². The van der Waals surface area contributed by atoms with E-state index in [9.17, 15) is 5.11 Å². The first-order chi connectivity index (χ1) is 21.7. The fourth-order valence-corrected chi connectivity index (χ4v) is 7.71. The minimum atomic E-state index is -0.590. The van der Waals surface area contributed by atoms with Crippen LogP contribution in [-0.2, 0) is 5.41 Å². The van der Waals surface area contributed by atoms with Gasteiger partial charge in [-0.25, -0.2) is 0 Å². The molecule has 0 heterocycles. The van der Waals surface area contributed by atoms with Crippen LogP contribution < -0.4 is 0 Å². The van der Waals surface area contributed by atoms with E-state index in [-0.39, 0.29) is 0 Å². The average Bonchev–Trinajstić information content (AvgIpc) is 3.48. The third-order valence-electron chi connectivity index (χ3n) is 9.63. The van der Waals surface area contributed by atoms with Gasteiger partial charge in [0.15, 0.2) is 0 Å². The standard InChI is InChI=1S/C43H28O/c44-42-25-24-40(36-17-5-6-18-37(36)42)43(39-23-8-14-29-12-2-4-16-31(29)39)26-10-22-35-34-21-9-20-33(38(34)27-41(35)43)32-19-7-13-28-11-1-3-15-30(28)32/h1-27,44H. The summed E-state index contributed by atoms with van der Waals surface area (Å²) >= 11 is 0. The van der Waals surface area contributed by atoms with Crippen molar-refractivity contribution in [2.45, 2.75) is 5.41 Å². The zero-order valence-corrected chi connectivity index (χ0v) is 24.0. The number of rotatable bonds is 3. The van der Waals surface area contributed by atoms with E-state index in [0.29, 0.717) is 5.75 Å². The minimum Gasteiger partial charge on any atom is -0.507 e. The van der Waals surface area contributed by atoms with E-state index in [4.69, 9.17) is 0 Å². The Morgan fingerprint density at radius 1 is 0.455 bits per heavy atom. The molecule has 0 bridgehead atoms. The molecule has 1 nitrogen and oxygen atoms in total. The number of hydrogen-bond donors (Lipinski definition) is 1. The fraction of sp³-hybridized carbons (Fsp3) is 0.0233. The number of hydrogen-bond acceptors (Lipinski definition) is 1. The molecule has 1 heteroatoms. The summed E-state index contributed by atoms with van der Waals surface area (Å²) in [5.41, 5.74) is 9.30. The minimum absolute atomic E-state index is 0.301. The maximum Gasteiger partial charge on any atom is 0.123 e. The van der Waals surface area contributed by atoms with Crippen molar-refractivity contribution in [2.24, 2.45) is 0 Å². The van der Waals surface area contributed by atoms with Gasteiger partial charge >= 0.3 is 0 Å². The van der Waals surface area contributed by atoms with Crippen molar-refractivity contribution in [1.29, 1.82) is 0 Å². The summed E-state index contributed by atoms with van der Waals surface area (Å²) in [6.45, 7) is 0. The second-order valence-corrected chi connectivity index (χ2v) is 11.8. The first-order valence-electron chi connectivity index (χ1n) is 15.2. The largest absolute Gasteiger partial charge is 0.507 e. The number of fused-ring (bicyclic) bond motifs is 6. The Bertz CT molecular complexity index is 2390. The fourth-order valence-electron chi connectivity index (χ4n) is 7.71. The van der Waals surface area contributed by atoms with Gasteiger partial charge in [0.05, 0.1) is 5.41 Å². The van der Waals surface area contributed by atoms with E-state index in [0.717, 1.165) is 16.3 Å². The molecule has 1 N–H and O–H groups in total. The summed E-state index contributed by atoms with van der Waals surface area (Å²) in [5.74, 6) is 0.301. The maximum atomic E-state index is 11.0. The van der Waals surface area contributed by atoms with Gasteiger partial charge in [0, 0.05) is 5.39 Å². The van der Waals surface area contributed by atoms with Crippen LogP contribution in [-0.4, -0.2) is 5.11 Å². The molecule has 1 atom stereocenters. The molecule has 0 aromatic heterocycles. The van der Waals surface area contributed by atoms with Crippen molar-refractivity contribution >= 4 is 44.0 Å². The van der Waals surface area contributed by atoms with E-state index in [1.807, 2.05) is 18.2 Å². The predicted molar refractivity (Wildman–Crippen MR) is 185 cm³/mol. The molecular weight excluding hydrogens is 532 g/mol. The second-order valence-electron chi connectivity index (χ2n) is 11.8. The highest BCUT2D eigenvalue weighted by Crippen LogP contribution is 2.56. The number of phenols is 1. The molecule has 0 radical (unpaired) electrons. The van der Waals surface area contributed by atoms with E-state index in [1.54, 1.807) is 0 Å². The summed E-state index contributed by atoms with van der Waals surface area (Å²) < 4.78 is 0. The Labute approximate surface area is 256 Å². The Morgan fingerprint density at radius 2 is 1.05 bits per heavy atom. The van der Waals surface area contributed by atoms with Crippen molar-refractivity contribution in [3.05, 3.63) is 186 Å². The second kappa shape index (κ2) is 9.42. The van der Waals surface area contributed by atoms with Gasteiger partial charge in [-0.1, -0.05) is 152 Å². The highest BCUT2D eigenvalue weighted by molar-refractivity contribution is 6.08. The summed E-state index contributed by atoms with van der Waals surface area (Å²) in [7, 11) is 0. The lowest BCUT2D eigenvalue weighted by molar-refractivity contribution is 0.481. The normalized spacial score (nSPS) is 17.0. The van der Waals surface area contributed by atoms with Crippen LogP contribution in [0.15, 0.2) is 163 Å². The summed E-state index contributed by atoms with van der Waals surface area (Å²) in [5, 5.41) is 17.8. The molecule has 1 unspecified atom stereocenters. The van der Waals surface area contributed by atoms with Gasteiger partial charge in [-0.3, -0.25) is 0 Å². The number of phenolic OH excluding ortho intramolecular Hbond substituents is 1. The summed E-state index contributed by atoms with van der Waals surface area (Å²) in [6.07, 6.45) is 9.31. The van der Waals surface area contributed by atoms with Crippen LogP contribution in [0.2, 0.25) is 0 Å². The topological polar surface area (TPSA) is 20.2 Å². The third-order valence-corrected chi connectivity index (χ3v) is 9.63. The molecule has 2 aliphatic carbocycles. The van der Waals surface area contributed by atoms with Crippen molar-refractivity contribution in [2.75, 3.05) is 0 Å². The third kappa shape index (κ3) is 3.41. The molecular formula is C43H28O.